The molecule has 0 bridgehead atoms. The Kier molecular flexibility index (Phi) is 13.7. The van der Waals surface area contributed by atoms with E-state index in [-0.39, 0.29) is 12.2 Å². The number of ether oxygens (including phenoxy) is 5. The summed E-state index contributed by atoms with van der Waals surface area (Å²) in [7, 11) is 0. The van der Waals surface area contributed by atoms with Gasteiger partial charge in [0.1, 0.15) is 60.6 Å². The van der Waals surface area contributed by atoms with Crippen LogP contribution in [0, 0.1) is 0 Å². The van der Waals surface area contributed by atoms with Crippen LogP contribution in [0.15, 0.2) is 24.3 Å². The van der Waals surface area contributed by atoms with Crippen molar-refractivity contribution in [1.82, 2.24) is 16.0 Å². The second-order valence-corrected chi connectivity index (χ2v) is 12.3. The van der Waals surface area contributed by atoms with Gasteiger partial charge in [-0.3, -0.25) is 14.4 Å². The van der Waals surface area contributed by atoms with E-state index >= 15 is 0 Å². The second kappa shape index (κ2) is 16.5. The highest BCUT2D eigenvalue weighted by Crippen LogP contribution is 2.20. The number of alkyl carbamates (subject to hydrolysis) is 1. The van der Waals surface area contributed by atoms with E-state index < -0.39 is 97.7 Å². The third-order valence-electron chi connectivity index (χ3n) is 5.91. The Bertz CT molecular complexity index is 1210. The topological polar surface area (TPSA) is 249 Å². The fourth-order valence-corrected chi connectivity index (χ4v) is 3.77. The fraction of sp³-hybridized carbons (Fsp3) is 0.621. The number of benzene rings is 1. The highest BCUT2D eigenvalue weighted by Gasteiger charge is 2.43. The largest absolute Gasteiger partial charge is 0.514 e. The second-order valence-electron chi connectivity index (χ2n) is 12.3. The van der Waals surface area contributed by atoms with E-state index in [0.717, 1.165) is 0 Å². The smallest absolute Gasteiger partial charge is 0.461 e. The summed E-state index contributed by atoms with van der Waals surface area (Å²) >= 11 is 0. The maximum Gasteiger partial charge on any atom is 0.514 e. The number of amides is 3. The summed E-state index contributed by atoms with van der Waals surface area (Å²) < 4.78 is 25.3. The maximum absolute atomic E-state index is 13.0. The van der Waals surface area contributed by atoms with Gasteiger partial charge in [-0.05, 0) is 59.2 Å². The quantitative estimate of drug-likeness (QED) is 0.0858. The number of hydrogen-bond acceptors (Lipinski definition) is 14. The zero-order valence-electron chi connectivity index (χ0n) is 26.5. The molecule has 0 aliphatic carbocycles. The van der Waals surface area contributed by atoms with E-state index in [1.165, 1.54) is 12.1 Å². The molecule has 2 rings (SSSR count). The molecule has 0 spiro atoms. The molecule has 0 saturated carbocycles. The monoisotopic (exact) mass is 657 g/mol. The summed E-state index contributed by atoms with van der Waals surface area (Å²) in [5.41, 5.74) is -1.05. The van der Waals surface area contributed by atoms with Crippen LogP contribution < -0.4 is 20.7 Å². The molecule has 1 aromatic carbocycles. The third kappa shape index (κ3) is 13.5. The Morgan fingerprint density at radius 1 is 0.826 bits per heavy atom. The van der Waals surface area contributed by atoms with Crippen LogP contribution in [0.4, 0.5) is 9.59 Å². The van der Waals surface area contributed by atoms with Gasteiger partial charge >= 0.3 is 18.2 Å². The Morgan fingerprint density at radius 2 is 1.43 bits per heavy atom. The van der Waals surface area contributed by atoms with Gasteiger partial charge in [0.2, 0.25) is 11.8 Å². The van der Waals surface area contributed by atoms with E-state index in [1.807, 2.05) is 0 Å². The maximum atomic E-state index is 13.0. The summed E-state index contributed by atoms with van der Waals surface area (Å²) in [6.07, 6.45) is -10.1. The first-order chi connectivity index (χ1) is 21.2. The van der Waals surface area contributed by atoms with E-state index in [9.17, 15) is 44.4 Å². The van der Waals surface area contributed by atoms with Crippen LogP contribution in [0.1, 0.15) is 47.1 Å². The SMILES string of the molecule is CC(C)(C)OC(=O)N[C@@H](Cc1ccc(OC(=O)OC(C)(C)C)cc1)C(=O)NCC(=O)NCC(=O)OC[C@H]1O[C@@H](O)[C@H](O)[C@@H](O)[C@@H]1O. The molecule has 1 aliphatic rings. The molecule has 1 aliphatic heterocycles. The number of rotatable bonds is 11. The van der Waals surface area contributed by atoms with Crippen LogP contribution >= 0.6 is 0 Å². The summed E-state index contributed by atoms with van der Waals surface area (Å²) in [5, 5.41) is 45.7. The zero-order chi connectivity index (χ0) is 34.8. The van der Waals surface area contributed by atoms with Gasteiger partial charge in [-0.1, -0.05) is 12.1 Å². The van der Waals surface area contributed by atoms with Crippen LogP contribution in [-0.4, -0.2) is 118 Å². The van der Waals surface area contributed by atoms with Crippen molar-refractivity contribution in [3.8, 4) is 5.75 Å². The molecule has 7 N–H and O–H groups in total. The van der Waals surface area contributed by atoms with Crippen molar-refractivity contribution in [3.63, 3.8) is 0 Å². The lowest BCUT2D eigenvalue weighted by Gasteiger charge is -2.37. The normalized spacial score (nSPS) is 22.1. The Hall–Kier alpha value is -4.03. The summed E-state index contributed by atoms with van der Waals surface area (Å²) in [5.74, 6) is -2.31. The van der Waals surface area contributed by atoms with Crippen LogP contribution in [0.2, 0.25) is 0 Å². The predicted molar refractivity (Wildman–Crippen MR) is 156 cm³/mol. The lowest BCUT2D eigenvalue weighted by atomic mass is 9.99. The Morgan fingerprint density at radius 3 is 2.02 bits per heavy atom. The number of esters is 1. The summed E-state index contributed by atoms with van der Waals surface area (Å²) in [6, 6.07) is 4.88. The number of hydrogen-bond donors (Lipinski definition) is 7. The number of aliphatic hydroxyl groups is 4. The molecular weight excluding hydrogens is 614 g/mol. The van der Waals surface area contributed by atoms with Gasteiger partial charge in [0.05, 0.1) is 6.54 Å². The molecule has 1 saturated heterocycles. The van der Waals surface area contributed by atoms with Crippen LogP contribution in [0.25, 0.3) is 0 Å². The lowest BCUT2D eigenvalue weighted by Crippen LogP contribution is -2.58. The van der Waals surface area contributed by atoms with Crippen molar-refractivity contribution in [3.05, 3.63) is 29.8 Å². The van der Waals surface area contributed by atoms with Gasteiger partial charge in [0.15, 0.2) is 6.29 Å². The number of nitrogens with one attached hydrogen (secondary N) is 3. The fourth-order valence-electron chi connectivity index (χ4n) is 3.77. The molecule has 0 unspecified atom stereocenters. The molecule has 1 fully saturated rings. The van der Waals surface area contributed by atoms with Crippen molar-refractivity contribution in [1.29, 1.82) is 0 Å². The Balaban J connectivity index is 1.91. The molecule has 258 valence electrons. The van der Waals surface area contributed by atoms with Crippen LogP contribution in [0.5, 0.6) is 5.75 Å². The van der Waals surface area contributed by atoms with Gasteiger partial charge in [-0.2, -0.15) is 0 Å². The first-order valence-corrected chi connectivity index (χ1v) is 14.3. The molecule has 6 atom stereocenters. The minimum absolute atomic E-state index is 0.0404. The summed E-state index contributed by atoms with van der Waals surface area (Å²) in [4.78, 5) is 61.6. The third-order valence-corrected chi connectivity index (χ3v) is 5.91. The molecule has 1 heterocycles. The van der Waals surface area contributed by atoms with Gasteiger partial charge in [0.25, 0.3) is 0 Å². The molecule has 46 heavy (non-hydrogen) atoms. The lowest BCUT2D eigenvalue weighted by molar-refractivity contribution is -0.287. The molecule has 0 radical (unpaired) electrons. The standard InChI is InChI=1S/C29H43N3O14/c1-28(2,3)45-26(40)32-17(11-15-7-9-16(10-8-15)43-27(41)46-29(4,5)6)24(38)31-12-19(33)30-13-20(34)42-14-18-21(35)22(36)23(37)25(39)44-18/h7-10,17-18,21-23,25,35-37,39H,11-14H2,1-6H3,(H,30,33)(H,31,38)(H,32,40)/t17-,18+,21+,22-,23+,25+/m0/s1. The first-order valence-electron chi connectivity index (χ1n) is 14.3. The number of carbonyl (C=O) groups is 5. The molecular formula is C29H43N3O14. The molecule has 17 heteroatoms. The average molecular weight is 658 g/mol. The van der Waals surface area contributed by atoms with Crippen molar-refractivity contribution < 1.29 is 68.1 Å². The molecule has 0 aromatic heterocycles. The van der Waals surface area contributed by atoms with E-state index in [1.54, 1.807) is 53.7 Å². The van der Waals surface area contributed by atoms with Crippen molar-refractivity contribution in [2.75, 3.05) is 19.7 Å². The number of carbonyl (C=O) groups excluding carboxylic acids is 5. The highest BCUT2D eigenvalue weighted by atomic mass is 16.7. The van der Waals surface area contributed by atoms with Gasteiger partial charge in [-0.15, -0.1) is 0 Å². The van der Waals surface area contributed by atoms with Crippen molar-refractivity contribution in [2.24, 2.45) is 0 Å². The predicted octanol–water partition coefficient (Wildman–Crippen LogP) is -0.988. The van der Waals surface area contributed by atoms with Gasteiger partial charge in [-0.25, -0.2) is 9.59 Å². The highest BCUT2D eigenvalue weighted by molar-refractivity contribution is 5.90. The first kappa shape index (κ1) is 38.2. The van der Waals surface area contributed by atoms with E-state index in [2.05, 4.69) is 16.0 Å². The minimum atomic E-state index is -1.81. The molecule has 3 amide bonds. The van der Waals surface area contributed by atoms with Crippen LogP contribution in [-0.2, 0) is 39.8 Å². The summed E-state index contributed by atoms with van der Waals surface area (Å²) in [6.45, 7) is 8.17. The van der Waals surface area contributed by atoms with Gasteiger partial charge in [0, 0.05) is 6.42 Å². The molecule has 1 aromatic rings. The number of aliphatic hydroxyl groups excluding tert-OH is 4. The van der Waals surface area contributed by atoms with Crippen LogP contribution in [0.3, 0.4) is 0 Å². The van der Waals surface area contributed by atoms with Gasteiger partial charge < -0.3 is 60.1 Å². The Labute approximate surface area is 265 Å². The average Bonchev–Trinajstić information content (AvgIpc) is 2.93. The van der Waals surface area contributed by atoms with Crippen molar-refractivity contribution in [2.45, 2.75) is 95.9 Å². The van der Waals surface area contributed by atoms with Crippen molar-refractivity contribution >= 4 is 30.0 Å². The minimum Gasteiger partial charge on any atom is -0.461 e. The molecule has 17 nitrogen and oxygen atoms in total. The zero-order valence-corrected chi connectivity index (χ0v) is 26.5. The van der Waals surface area contributed by atoms with E-state index in [0.29, 0.717) is 5.56 Å². The van der Waals surface area contributed by atoms with E-state index in [4.69, 9.17) is 23.7 Å².